The van der Waals surface area contributed by atoms with Crippen molar-refractivity contribution in [1.29, 1.82) is 0 Å². The SMILES string of the molecule is CCc1c2c(nc3ccc(O[C@@H]4O[C@H](C(=O)O)[C@@H](O)[C@H](O)[C@@H]4O)cc13)-c1cc3c(c(=O)n1C2)COC(=O)[C@]3(O)CC. The van der Waals surface area contributed by atoms with Gasteiger partial charge in [0.15, 0.2) is 11.7 Å². The monoisotopic (exact) mass is 568 g/mol. The Morgan fingerprint density at radius 3 is 2.56 bits per heavy atom. The molecule has 0 unspecified atom stereocenters. The number of carbonyl (C=O) groups is 2. The number of aliphatic carboxylic acids is 1. The maximum Gasteiger partial charge on any atom is 0.343 e. The fraction of sp³-hybridized carbons (Fsp3) is 0.429. The third kappa shape index (κ3) is 3.95. The van der Waals surface area contributed by atoms with Crippen LogP contribution in [0.5, 0.6) is 5.75 Å². The molecule has 1 aromatic carbocycles. The van der Waals surface area contributed by atoms with Gasteiger partial charge in [-0.3, -0.25) is 4.79 Å². The summed E-state index contributed by atoms with van der Waals surface area (Å²) in [6.45, 7) is 3.55. The molecule has 41 heavy (non-hydrogen) atoms. The molecular formula is C28H28N2O11. The van der Waals surface area contributed by atoms with E-state index in [1.807, 2.05) is 6.92 Å². The molecule has 0 aliphatic carbocycles. The van der Waals surface area contributed by atoms with Crippen LogP contribution in [-0.2, 0) is 44.2 Å². The topological polar surface area (TPSA) is 198 Å². The predicted molar refractivity (Wildman–Crippen MR) is 139 cm³/mol. The van der Waals surface area contributed by atoms with E-state index in [2.05, 4.69) is 0 Å². The molecule has 13 heteroatoms. The Morgan fingerprint density at radius 2 is 1.88 bits per heavy atom. The Balaban J connectivity index is 1.42. The van der Waals surface area contributed by atoms with Crippen LogP contribution in [0.3, 0.4) is 0 Å². The van der Waals surface area contributed by atoms with Gasteiger partial charge >= 0.3 is 11.9 Å². The van der Waals surface area contributed by atoms with Gasteiger partial charge in [0.2, 0.25) is 6.29 Å². The van der Waals surface area contributed by atoms with Crippen molar-refractivity contribution in [2.24, 2.45) is 0 Å². The molecule has 3 aliphatic heterocycles. The van der Waals surface area contributed by atoms with Crippen molar-refractivity contribution in [2.75, 3.05) is 0 Å². The third-order valence-electron chi connectivity index (χ3n) is 8.20. The number of fused-ring (bicyclic) bond motifs is 5. The van der Waals surface area contributed by atoms with Crippen LogP contribution in [0, 0.1) is 0 Å². The van der Waals surface area contributed by atoms with E-state index in [4.69, 9.17) is 19.2 Å². The van der Waals surface area contributed by atoms with Crippen molar-refractivity contribution < 1.29 is 49.3 Å². The second-order valence-electron chi connectivity index (χ2n) is 10.4. The van der Waals surface area contributed by atoms with Gasteiger partial charge in [0.25, 0.3) is 5.56 Å². The highest BCUT2D eigenvalue weighted by Gasteiger charge is 2.48. The average Bonchev–Trinajstić information content (AvgIpc) is 3.32. The summed E-state index contributed by atoms with van der Waals surface area (Å²) < 4.78 is 17.6. The molecule has 0 amide bonds. The Kier molecular flexibility index (Phi) is 6.39. The Morgan fingerprint density at radius 1 is 1.12 bits per heavy atom. The van der Waals surface area contributed by atoms with Crippen molar-refractivity contribution >= 4 is 22.8 Å². The second kappa shape index (κ2) is 9.60. The number of hydrogen-bond acceptors (Lipinski definition) is 11. The number of benzene rings is 1. The Hall–Kier alpha value is -3.88. The van der Waals surface area contributed by atoms with Gasteiger partial charge in [0.1, 0.15) is 30.7 Å². The highest BCUT2D eigenvalue weighted by molar-refractivity contribution is 5.90. The number of nitrogens with zero attached hydrogens (tertiary/aromatic N) is 2. The quantitative estimate of drug-likeness (QED) is 0.201. The molecule has 5 N–H and O–H groups in total. The zero-order valence-electron chi connectivity index (χ0n) is 22.1. The maximum absolute atomic E-state index is 13.5. The molecule has 6 rings (SSSR count). The summed E-state index contributed by atoms with van der Waals surface area (Å²) >= 11 is 0. The number of aliphatic hydroxyl groups excluding tert-OH is 3. The van der Waals surface area contributed by atoms with Crippen LogP contribution in [0.1, 0.15) is 42.5 Å². The summed E-state index contributed by atoms with van der Waals surface area (Å²) in [5, 5.41) is 51.5. The smallest absolute Gasteiger partial charge is 0.343 e. The molecule has 2 aromatic heterocycles. The number of aromatic nitrogens is 2. The van der Waals surface area contributed by atoms with Crippen LogP contribution in [0.25, 0.3) is 22.3 Å². The Bertz CT molecular complexity index is 1670. The molecule has 0 radical (unpaired) electrons. The number of hydrogen-bond donors (Lipinski definition) is 5. The van der Waals surface area contributed by atoms with Gasteiger partial charge in [-0.15, -0.1) is 0 Å². The fourth-order valence-electron chi connectivity index (χ4n) is 5.90. The minimum atomic E-state index is -1.93. The van der Waals surface area contributed by atoms with Crippen LogP contribution in [-0.4, -0.2) is 77.7 Å². The number of carboxylic acids is 1. The van der Waals surface area contributed by atoms with Crippen LogP contribution >= 0.6 is 0 Å². The number of rotatable bonds is 5. The first-order valence-electron chi connectivity index (χ1n) is 13.2. The number of carboxylic acid groups (broad SMARTS) is 1. The van der Waals surface area contributed by atoms with Crippen molar-refractivity contribution in [2.45, 2.75) is 76.1 Å². The van der Waals surface area contributed by atoms with E-state index < -0.39 is 48.2 Å². The summed E-state index contributed by atoms with van der Waals surface area (Å²) in [6.07, 6.45) is -8.16. The van der Waals surface area contributed by atoms with Crippen molar-refractivity contribution in [3.05, 3.63) is 56.9 Å². The number of carbonyl (C=O) groups excluding carboxylic acids is 1. The fourth-order valence-corrected chi connectivity index (χ4v) is 5.90. The number of pyridine rings is 2. The van der Waals surface area contributed by atoms with Crippen molar-refractivity contribution in [1.82, 2.24) is 9.55 Å². The average molecular weight is 569 g/mol. The molecule has 6 atom stereocenters. The minimum absolute atomic E-state index is 0.0331. The summed E-state index contributed by atoms with van der Waals surface area (Å²) in [5.41, 5.74) is 1.37. The van der Waals surface area contributed by atoms with Gasteiger partial charge in [-0.2, -0.15) is 0 Å². The molecule has 1 saturated heterocycles. The van der Waals surface area contributed by atoms with Gasteiger partial charge in [0, 0.05) is 16.5 Å². The lowest BCUT2D eigenvalue weighted by Gasteiger charge is -2.38. The lowest BCUT2D eigenvalue weighted by Crippen LogP contribution is -2.61. The van der Waals surface area contributed by atoms with Crippen molar-refractivity contribution in [3.8, 4) is 17.1 Å². The summed E-state index contributed by atoms with van der Waals surface area (Å²) in [6, 6.07) is 6.47. The predicted octanol–water partition coefficient (Wildman–Crippen LogP) is -0.0870. The zero-order valence-corrected chi connectivity index (χ0v) is 22.1. The largest absolute Gasteiger partial charge is 0.479 e. The van der Waals surface area contributed by atoms with Crippen LogP contribution in [0.4, 0.5) is 0 Å². The molecule has 1 fully saturated rings. The highest BCUT2D eigenvalue weighted by Crippen LogP contribution is 2.41. The van der Waals surface area contributed by atoms with E-state index in [1.54, 1.807) is 29.7 Å². The number of aliphatic hydroxyl groups is 4. The van der Waals surface area contributed by atoms with E-state index in [-0.39, 0.29) is 42.0 Å². The van der Waals surface area contributed by atoms with Gasteiger partial charge in [-0.25, -0.2) is 14.6 Å². The minimum Gasteiger partial charge on any atom is -0.479 e. The van der Waals surface area contributed by atoms with E-state index in [9.17, 15) is 39.9 Å². The lowest BCUT2D eigenvalue weighted by atomic mass is 9.86. The standard InChI is InChI=1S/C28H28N2O11/c1-3-12-13-7-11(40-26-22(33)20(31)21(32)23(41-26)25(35)36)5-6-17(13)29-19-14(12)9-30-18(19)8-16-15(24(30)34)10-39-27(37)28(16,38)4-2/h5-8,20-23,26,31-33,38H,3-4,9-10H2,1-2H3,(H,35,36)/t20-,21-,22-,23-,26+,28-/m0/s1. The summed E-state index contributed by atoms with van der Waals surface area (Å²) in [7, 11) is 0. The number of cyclic esters (lactones) is 1. The van der Waals surface area contributed by atoms with Gasteiger partial charge in [0.05, 0.1) is 29.0 Å². The molecule has 0 spiro atoms. The molecular weight excluding hydrogens is 540 g/mol. The first-order chi connectivity index (χ1) is 19.5. The first kappa shape index (κ1) is 27.3. The van der Waals surface area contributed by atoms with E-state index in [1.165, 1.54) is 6.07 Å². The van der Waals surface area contributed by atoms with Crippen molar-refractivity contribution in [3.63, 3.8) is 0 Å². The molecule has 3 aliphatic rings. The number of esters is 1. The molecule has 5 heterocycles. The maximum atomic E-state index is 13.5. The molecule has 216 valence electrons. The van der Waals surface area contributed by atoms with E-state index in [0.717, 1.165) is 11.1 Å². The Labute approximate surface area is 232 Å². The second-order valence-corrected chi connectivity index (χ2v) is 10.4. The number of ether oxygens (including phenoxy) is 3. The van der Waals surface area contributed by atoms with Gasteiger partial charge in [-0.05, 0) is 42.7 Å². The molecule has 0 bridgehead atoms. The summed E-state index contributed by atoms with van der Waals surface area (Å²) in [4.78, 5) is 42.2. The van der Waals surface area contributed by atoms with Crippen LogP contribution in [0.15, 0.2) is 29.1 Å². The zero-order chi connectivity index (χ0) is 29.4. The van der Waals surface area contributed by atoms with Crippen LogP contribution in [0.2, 0.25) is 0 Å². The first-order valence-corrected chi connectivity index (χ1v) is 13.2. The van der Waals surface area contributed by atoms with E-state index in [0.29, 0.717) is 28.7 Å². The molecule has 3 aromatic rings. The molecule has 13 nitrogen and oxygen atoms in total. The lowest BCUT2D eigenvalue weighted by molar-refractivity contribution is -0.271. The number of aryl methyl sites for hydroxylation is 1. The van der Waals surface area contributed by atoms with E-state index >= 15 is 0 Å². The third-order valence-corrected chi connectivity index (χ3v) is 8.20. The van der Waals surface area contributed by atoms with Gasteiger partial charge in [-0.1, -0.05) is 13.8 Å². The molecule has 0 saturated carbocycles. The summed E-state index contributed by atoms with van der Waals surface area (Å²) in [5.74, 6) is -2.13. The van der Waals surface area contributed by atoms with Crippen LogP contribution < -0.4 is 10.3 Å². The van der Waals surface area contributed by atoms with Gasteiger partial charge < -0.3 is 44.3 Å². The highest BCUT2D eigenvalue weighted by atomic mass is 16.7. The normalized spacial score (nSPS) is 28.5.